The number of ether oxygens (including phenoxy) is 1. The number of nitrogens with one attached hydrogen (secondary N) is 1. The number of aromatic nitrogens is 1. The zero-order valence-electron chi connectivity index (χ0n) is 18.1. The number of pyridine rings is 1. The number of amides is 2. The topological polar surface area (TPSA) is 74.8 Å². The van der Waals surface area contributed by atoms with E-state index in [-0.39, 0.29) is 11.8 Å². The van der Waals surface area contributed by atoms with Crippen LogP contribution in [0.5, 0.6) is 5.75 Å². The van der Waals surface area contributed by atoms with Crippen molar-refractivity contribution in [2.75, 3.05) is 36.5 Å². The number of fused-ring (bicyclic) bond motifs is 1. The molecule has 2 heterocycles. The molecule has 1 aliphatic heterocycles. The van der Waals surface area contributed by atoms with Crippen molar-refractivity contribution < 1.29 is 14.3 Å². The van der Waals surface area contributed by atoms with Crippen LogP contribution in [-0.2, 0) is 16.1 Å². The van der Waals surface area contributed by atoms with Gasteiger partial charge in [0.15, 0.2) is 0 Å². The zero-order valence-corrected chi connectivity index (χ0v) is 18.1. The van der Waals surface area contributed by atoms with E-state index in [0.717, 1.165) is 30.9 Å². The maximum Gasteiger partial charge on any atom is 0.242 e. The third-order valence-corrected chi connectivity index (χ3v) is 5.33. The van der Waals surface area contributed by atoms with Crippen LogP contribution in [0.1, 0.15) is 32.9 Å². The summed E-state index contributed by atoms with van der Waals surface area (Å²) < 4.78 is 5.90. The Hall–Kier alpha value is -2.93. The molecule has 0 saturated heterocycles. The normalized spacial score (nSPS) is 15.7. The summed E-state index contributed by atoms with van der Waals surface area (Å²) in [7, 11) is 1.71. The average Bonchev–Trinajstić information content (AvgIpc) is 2.80. The van der Waals surface area contributed by atoms with E-state index in [1.807, 2.05) is 43.3 Å². The Balaban J connectivity index is 1.62. The van der Waals surface area contributed by atoms with Crippen molar-refractivity contribution in [1.29, 1.82) is 0 Å². The summed E-state index contributed by atoms with van der Waals surface area (Å²) in [4.78, 5) is 33.3. The molecule has 2 amide bonds. The van der Waals surface area contributed by atoms with Crippen molar-refractivity contribution in [3.63, 3.8) is 0 Å². The lowest BCUT2D eigenvalue weighted by atomic mass is 9.90. The molecule has 0 fully saturated rings. The maximum atomic E-state index is 12.9. The van der Waals surface area contributed by atoms with Gasteiger partial charge in [0.05, 0.1) is 23.7 Å². The van der Waals surface area contributed by atoms with Gasteiger partial charge in [0.2, 0.25) is 11.8 Å². The van der Waals surface area contributed by atoms with Crippen LogP contribution in [0.25, 0.3) is 0 Å². The van der Waals surface area contributed by atoms with E-state index in [0.29, 0.717) is 24.6 Å². The first-order valence-electron chi connectivity index (χ1n) is 10.3. The molecule has 2 aromatic rings. The molecule has 0 radical (unpaired) electrons. The Kier molecular flexibility index (Phi) is 6.72. The molecule has 30 heavy (non-hydrogen) atoms. The lowest BCUT2D eigenvalue weighted by Gasteiger charge is -2.27. The summed E-state index contributed by atoms with van der Waals surface area (Å²) >= 11 is 0. The lowest BCUT2D eigenvalue weighted by Crippen LogP contribution is -2.47. The van der Waals surface area contributed by atoms with Gasteiger partial charge >= 0.3 is 0 Å². The first-order valence-corrected chi connectivity index (χ1v) is 10.3. The predicted octanol–water partition coefficient (Wildman–Crippen LogP) is 3.00. The van der Waals surface area contributed by atoms with Crippen LogP contribution < -0.4 is 19.9 Å². The van der Waals surface area contributed by atoms with Crippen LogP contribution in [0, 0.1) is 5.41 Å². The van der Waals surface area contributed by atoms with Crippen molar-refractivity contribution in [2.24, 2.45) is 5.41 Å². The highest BCUT2D eigenvalue weighted by Crippen LogP contribution is 2.40. The number of anilines is 2. The van der Waals surface area contributed by atoms with Gasteiger partial charge in [-0.05, 0) is 58.0 Å². The standard InChI is InChI=1S/C23H30N4O3/c1-5-27-19-11-10-18(15-20(19)26(4)21(28)23(2,3)22(27)29)30-14-8-12-24-16-17-9-6-7-13-25-17/h6-7,9-11,13,15,24H,5,8,12,14,16H2,1-4H3. The second kappa shape index (κ2) is 9.26. The minimum Gasteiger partial charge on any atom is -0.493 e. The fourth-order valence-electron chi connectivity index (χ4n) is 3.58. The molecule has 160 valence electrons. The third-order valence-electron chi connectivity index (χ3n) is 5.33. The summed E-state index contributed by atoms with van der Waals surface area (Å²) in [6, 6.07) is 11.4. The minimum absolute atomic E-state index is 0.187. The third kappa shape index (κ3) is 4.46. The Labute approximate surface area is 178 Å². The SMILES string of the molecule is CCN1C(=O)C(C)(C)C(=O)N(C)c2cc(OCCCNCc3ccccn3)ccc21. The molecule has 0 atom stereocenters. The molecule has 7 heteroatoms. The number of carbonyl (C=O) groups excluding carboxylic acids is 2. The van der Waals surface area contributed by atoms with E-state index in [1.54, 1.807) is 36.9 Å². The minimum atomic E-state index is -1.11. The van der Waals surface area contributed by atoms with Gasteiger partial charge in [0.25, 0.3) is 0 Å². The first-order chi connectivity index (χ1) is 14.4. The Morgan fingerprint density at radius 1 is 1.10 bits per heavy atom. The predicted molar refractivity (Wildman–Crippen MR) is 118 cm³/mol. The molecular formula is C23H30N4O3. The molecule has 1 N–H and O–H groups in total. The number of benzene rings is 1. The van der Waals surface area contributed by atoms with Crippen LogP contribution in [0.4, 0.5) is 11.4 Å². The van der Waals surface area contributed by atoms with Crippen molar-refractivity contribution in [1.82, 2.24) is 10.3 Å². The van der Waals surface area contributed by atoms with Gasteiger partial charge in [-0.3, -0.25) is 14.6 Å². The summed E-state index contributed by atoms with van der Waals surface area (Å²) in [6.07, 6.45) is 2.62. The van der Waals surface area contributed by atoms with Gasteiger partial charge < -0.3 is 19.9 Å². The van der Waals surface area contributed by atoms with E-state index in [2.05, 4.69) is 10.3 Å². The molecule has 0 bridgehead atoms. The molecule has 7 nitrogen and oxygen atoms in total. The van der Waals surface area contributed by atoms with E-state index < -0.39 is 5.41 Å². The summed E-state index contributed by atoms with van der Waals surface area (Å²) in [6.45, 7) is 7.85. The number of carbonyl (C=O) groups is 2. The average molecular weight is 411 g/mol. The van der Waals surface area contributed by atoms with Crippen molar-refractivity contribution >= 4 is 23.2 Å². The lowest BCUT2D eigenvalue weighted by molar-refractivity contribution is -0.137. The highest BCUT2D eigenvalue weighted by Gasteiger charge is 2.45. The fraction of sp³-hybridized carbons (Fsp3) is 0.435. The van der Waals surface area contributed by atoms with Crippen LogP contribution in [0.15, 0.2) is 42.6 Å². The maximum absolute atomic E-state index is 12.9. The van der Waals surface area contributed by atoms with E-state index in [9.17, 15) is 9.59 Å². The summed E-state index contributed by atoms with van der Waals surface area (Å²) in [5, 5.41) is 3.35. The highest BCUT2D eigenvalue weighted by molar-refractivity contribution is 6.20. The summed E-state index contributed by atoms with van der Waals surface area (Å²) in [5.41, 5.74) is 1.32. The van der Waals surface area contributed by atoms with Gasteiger partial charge in [0.1, 0.15) is 11.2 Å². The Morgan fingerprint density at radius 2 is 1.90 bits per heavy atom. The number of rotatable bonds is 8. The van der Waals surface area contributed by atoms with Gasteiger partial charge in [-0.1, -0.05) is 6.07 Å². The Morgan fingerprint density at radius 3 is 2.60 bits per heavy atom. The van der Waals surface area contributed by atoms with Crippen molar-refractivity contribution in [3.8, 4) is 5.75 Å². The van der Waals surface area contributed by atoms with Crippen LogP contribution in [0.3, 0.4) is 0 Å². The number of hydrogen-bond donors (Lipinski definition) is 1. The van der Waals surface area contributed by atoms with Crippen LogP contribution in [-0.4, -0.2) is 43.5 Å². The van der Waals surface area contributed by atoms with Crippen molar-refractivity contribution in [2.45, 2.75) is 33.7 Å². The monoisotopic (exact) mass is 410 g/mol. The van der Waals surface area contributed by atoms with Gasteiger partial charge in [0, 0.05) is 32.4 Å². The number of nitrogens with zero attached hydrogens (tertiary/aromatic N) is 3. The number of hydrogen-bond acceptors (Lipinski definition) is 5. The quantitative estimate of drug-likeness (QED) is 0.535. The largest absolute Gasteiger partial charge is 0.493 e. The summed E-state index contributed by atoms with van der Waals surface area (Å²) in [5.74, 6) is 0.273. The van der Waals surface area contributed by atoms with Gasteiger partial charge in [-0.15, -0.1) is 0 Å². The van der Waals surface area contributed by atoms with E-state index in [1.165, 1.54) is 0 Å². The molecule has 1 aliphatic rings. The second-order valence-electron chi connectivity index (χ2n) is 7.89. The molecule has 1 aromatic carbocycles. The fourth-order valence-corrected chi connectivity index (χ4v) is 3.58. The molecule has 0 unspecified atom stereocenters. The van der Waals surface area contributed by atoms with Crippen molar-refractivity contribution in [3.05, 3.63) is 48.3 Å². The second-order valence-corrected chi connectivity index (χ2v) is 7.89. The van der Waals surface area contributed by atoms with E-state index >= 15 is 0 Å². The molecule has 3 rings (SSSR count). The molecule has 0 spiro atoms. The zero-order chi connectivity index (χ0) is 21.7. The van der Waals surface area contributed by atoms with E-state index in [4.69, 9.17) is 4.74 Å². The van der Waals surface area contributed by atoms with Crippen LogP contribution in [0.2, 0.25) is 0 Å². The molecule has 0 saturated carbocycles. The Bertz CT molecular complexity index is 899. The van der Waals surface area contributed by atoms with Crippen LogP contribution >= 0.6 is 0 Å². The molecule has 1 aromatic heterocycles. The van der Waals surface area contributed by atoms with Gasteiger partial charge in [-0.25, -0.2) is 0 Å². The smallest absolute Gasteiger partial charge is 0.242 e. The van der Waals surface area contributed by atoms with Gasteiger partial charge in [-0.2, -0.15) is 0 Å². The molecular weight excluding hydrogens is 380 g/mol. The first kappa shape index (κ1) is 21.8. The highest BCUT2D eigenvalue weighted by atomic mass is 16.5. The molecule has 0 aliphatic carbocycles.